The monoisotopic (exact) mass is 412 g/mol. The van der Waals surface area contributed by atoms with E-state index < -0.39 is 5.97 Å². The zero-order valence-corrected chi connectivity index (χ0v) is 17.7. The van der Waals surface area contributed by atoms with E-state index in [1.165, 1.54) is 30.2 Å². The molecule has 1 aromatic heterocycles. The summed E-state index contributed by atoms with van der Waals surface area (Å²) in [6, 6.07) is 6.13. The van der Waals surface area contributed by atoms with Crippen LogP contribution in [0, 0.1) is 36.0 Å². The molecule has 0 unspecified atom stereocenters. The highest BCUT2D eigenvalue weighted by Gasteiger charge is 2.54. The molecule has 5 nitrogen and oxygen atoms in total. The summed E-state index contributed by atoms with van der Waals surface area (Å²) in [5.74, 6) is 1.46. The standard InChI is InChI=1S/C23H28N2O3S/c1-16-3-4-20(29-16)5-6-22(27)28-15-21(26)25(8-2-7-24)23-12-17-9-18(13-23)11-19(10-17)14-23/h3-6,17-19H,2,8-15H2,1H3/b6-5+. The van der Waals surface area contributed by atoms with E-state index in [0.717, 1.165) is 24.1 Å². The topological polar surface area (TPSA) is 70.4 Å². The minimum atomic E-state index is -0.504. The highest BCUT2D eigenvalue weighted by molar-refractivity contribution is 7.12. The molecule has 6 heteroatoms. The summed E-state index contributed by atoms with van der Waals surface area (Å²) in [5, 5.41) is 9.10. The predicted octanol–water partition coefficient (Wildman–Crippen LogP) is 4.32. The van der Waals surface area contributed by atoms with Gasteiger partial charge in [-0.3, -0.25) is 4.79 Å². The Morgan fingerprint density at radius 3 is 2.45 bits per heavy atom. The van der Waals surface area contributed by atoms with E-state index in [-0.39, 0.29) is 18.1 Å². The van der Waals surface area contributed by atoms with E-state index in [4.69, 9.17) is 10.00 Å². The third-order valence-electron chi connectivity index (χ3n) is 6.81. The van der Waals surface area contributed by atoms with Crippen molar-refractivity contribution in [3.8, 4) is 6.07 Å². The Balaban J connectivity index is 1.39. The second-order valence-electron chi connectivity index (χ2n) is 8.98. The van der Waals surface area contributed by atoms with Gasteiger partial charge in [-0.05, 0) is 81.4 Å². The number of amides is 1. The lowest BCUT2D eigenvalue weighted by Crippen LogP contribution is -2.62. The quantitative estimate of drug-likeness (QED) is 0.494. The van der Waals surface area contributed by atoms with Gasteiger partial charge in [0, 0.05) is 27.9 Å². The molecule has 5 rings (SSSR count). The number of aryl methyl sites for hydroxylation is 1. The van der Waals surface area contributed by atoms with Gasteiger partial charge >= 0.3 is 5.97 Å². The van der Waals surface area contributed by atoms with Crippen molar-refractivity contribution in [1.82, 2.24) is 4.90 Å². The predicted molar refractivity (Wildman–Crippen MR) is 112 cm³/mol. The van der Waals surface area contributed by atoms with Gasteiger partial charge < -0.3 is 9.64 Å². The number of hydrogen-bond acceptors (Lipinski definition) is 5. The van der Waals surface area contributed by atoms with Gasteiger partial charge in [-0.2, -0.15) is 5.26 Å². The largest absolute Gasteiger partial charge is 0.452 e. The van der Waals surface area contributed by atoms with E-state index in [1.807, 2.05) is 24.0 Å². The highest BCUT2D eigenvalue weighted by Crippen LogP contribution is 2.57. The van der Waals surface area contributed by atoms with Gasteiger partial charge in [-0.15, -0.1) is 11.3 Å². The molecule has 4 aliphatic carbocycles. The second kappa shape index (κ2) is 8.31. The molecule has 0 atom stereocenters. The van der Waals surface area contributed by atoms with Crippen molar-refractivity contribution in [3.05, 3.63) is 28.0 Å². The smallest absolute Gasteiger partial charge is 0.331 e. The van der Waals surface area contributed by atoms with Gasteiger partial charge in [-0.1, -0.05) is 0 Å². The molecule has 1 aromatic rings. The first-order valence-electron chi connectivity index (χ1n) is 10.6. The average molecular weight is 413 g/mol. The van der Waals surface area contributed by atoms with E-state index in [0.29, 0.717) is 30.7 Å². The summed E-state index contributed by atoms with van der Waals surface area (Å²) in [6.45, 7) is 2.20. The summed E-state index contributed by atoms with van der Waals surface area (Å²) < 4.78 is 5.26. The number of thiophene rings is 1. The molecular weight excluding hydrogens is 384 g/mol. The van der Waals surface area contributed by atoms with Crippen molar-refractivity contribution < 1.29 is 14.3 Å². The maximum absolute atomic E-state index is 13.1. The van der Waals surface area contributed by atoms with Crippen LogP contribution < -0.4 is 0 Å². The van der Waals surface area contributed by atoms with Crippen molar-refractivity contribution in [2.45, 2.75) is 57.4 Å². The molecule has 0 saturated heterocycles. The number of carbonyl (C=O) groups is 2. The molecule has 0 N–H and O–H groups in total. The first-order chi connectivity index (χ1) is 14.0. The van der Waals surface area contributed by atoms with Crippen LogP contribution in [0.3, 0.4) is 0 Å². The van der Waals surface area contributed by atoms with Crippen molar-refractivity contribution >= 4 is 29.3 Å². The van der Waals surface area contributed by atoms with Crippen molar-refractivity contribution in [2.75, 3.05) is 13.2 Å². The molecule has 0 aromatic carbocycles. The fourth-order valence-electron chi connectivity index (χ4n) is 6.14. The summed E-state index contributed by atoms with van der Waals surface area (Å²) in [6.07, 6.45) is 10.4. The summed E-state index contributed by atoms with van der Waals surface area (Å²) in [4.78, 5) is 29.2. The van der Waals surface area contributed by atoms with Crippen LogP contribution in [0.4, 0.5) is 0 Å². The van der Waals surface area contributed by atoms with Gasteiger partial charge in [0.1, 0.15) is 0 Å². The first-order valence-corrected chi connectivity index (χ1v) is 11.4. The molecule has 1 amide bonds. The molecule has 4 aliphatic rings. The van der Waals surface area contributed by atoms with Crippen LogP contribution >= 0.6 is 11.3 Å². The zero-order chi connectivity index (χ0) is 20.4. The fraction of sp³-hybridized carbons (Fsp3) is 0.609. The van der Waals surface area contributed by atoms with Crippen molar-refractivity contribution in [2.24, 2.45) is 17.8 Å². The lowest BCUT2D eigenvalue weighted by molar-refractivity contribution is -0.160. The average Bonchev–Trinajstić information content (AvgIpc) is 3.09. The number of ether oxygens (including phenoxy) is 1. The van der Waals surface area contributed by atoms with Gasteiger partial charge in [0.25, 0.3) is 5.91 Å². The molecule has 4 saturated carbocycles. The van der Waals surface area contributed by atoms with Crippen LogP contribution in [0.15, 0.2) is 18.2 Å². The van der Waals surface area contributed by atoms with Gasteiger partial charge in [0.15, 0.2) is 6.61 Å². The molecule has 4 fully saturated rings. The molecule has 29 heavy (non-hydrogen) atoms. The Labute approximate surface area is 176 Å². The first kappa shape index (κ1) is 20.2. The molecular formula is C23H28N2O3S. The van der Waals surface area contributed by atoms with Gasteiger partial charge in [-0.25, -0.2) is 4.79 Å². The lowest BCUT2D eigenvalue weighted by atomic mass is 9.52. The van der Waals surface area contributed by atoms with Crippen molar-refractivity contribution in [3.63, 3.8) is 0 Å². The minimum Gasteiger partial charge on any atom is -0.452 e. The van der Waals surface area contributed by atoms with Crippen LogP contribution in [0.25, 0.3) is 6.08 Å². The Morgan fingerprint density at radius 1 is 1.24 bits per heavy atom. The van der Waals surface area contributed by atoms with Gasteiger partial charge in [0.2, 0.25) is 0 Å². The minimum absolute atomic E-state index is 0.126. The zero-order valence-electron chi connectivity index (χ0n) is 16.9. The Morgan fingerprint density at radius 2 is 1.90 bits per heavy atom. The Kier molecular flexibility index (Phi) is 5.78. The summed E-state index contributed by atoms with van der Waals surface area (Å²) >= 11 is 1.60. The highest BCUT2D eigenvalue weighted by atomic mass is 32.1. The maximum Gasteiger partial charge on any atom is 0.331 e. The summed E-state index contributed by atoms with van der Waals surface area (Å²) in [5.41, 5.74) is -0.126. The third kappa shape index (κ3) is 4.40. The lowest BCUT2D eigenvalue weighted by Gasteiger charge is -2.60. The molecule has 0 aliphatic heterocycles. The molecule has 1 heterocycles. The third-order valence-corrected chi connectivity index (χ3v) is 7.78. The van der Waals surface area contributed by atoms with E-state index in [1.54, 1.807) is 17.4 Å². The SMILES string of the molecule is Cc1ccc(/C=C/C(=O)OCC(=O)N(CCC#N)C23CC4CC(CC(C4)C2)C3)s1. The Hall–Kier alpha value is -2.13. The Bertz CT molecular complexity index is 815. The van der Waals surface area contributed by atoms with Crippen LogP contribution in [-0.4, -0.2) is 35.5 Å². The number of nitriles is 1. The molecule has 4 bridgehead atoms. The number of carbonyl (C=O) groups excluding carboxylic acids is 2. The number of rotatable bonds is 7. The summed E-state index contributed by atoms with van der Waals surface area (Å²) in [7, 11) is 0. The number of nitrogens with zero attached hydrogens (tertiary/aromatic N) is 2. The number of esters is 1. The molecule has 0 radical (unpaired) electrons. The van der Waals surface area contributed by atoms with Gasteiger partial charge in [0.05, 0.1) is 12.5 Å². The van der Waals surface area contributed by atoms with Crippen LogP contribution in [0.1, 0.15) is 54.7 Å². The van der Waals surface area contributed by atoms with Crippen LogP contribution in [-0.2, 0) is 14.3 Å². The van der Waals surface area contributed by atoms with E-state index in [2.05, 4.69) is 6.07 Å². The van der Waals surface area contributed by atoms with Crippen LogP contribution in [0.2, 0.25) is 0 Å². The van der Waals surface area contributed by atoms with Crippen molar-refractivity contribution in [1.29, 1.82) is 5.26 Å². The molecule has 0 spiro atoms. The maximum atomic E-state index is 13.1. The normalized spacial score (nSPS) is 29.7. The fourth-order valence-corrected chi connectivity index (χ4v) is 6.92. The van der Waals surface area contributed by atoms with E-state index >= 15 is 0 Å². The van der Waals surface area contributed by atoms with E-state index in [9.17, 15) is 9.59 Å². The number of hydrogen-bond donors (Lipinski definition) is 0. The second-order valence-corrected chi connectivity index (χ2v) is 10.3. The van der Waals surface area contributed by atoms with Crippen LogP contribution in [0.5, 0.6) is 0 Å². The molecule has 154 valence electrons.